The van der Waals surface area contributed by atoms with Gasteiger partial charge in [0.25, 0.3) is 0 Å². The maximum atomic E-state index is 11.7. The Morgan fingerprint density at radius 2 is 2.06 bits per heavy atom. The number of halogens is 1. The molecule has 0 aromatic heterocycles. The van der Waals surface area contributed by atoms with Gasteiger partial charge in [0.05, 0.1) is 17.2 Å². The molecule has 0 fully saturated rings. The second kappa shape index (κ2) is 4.85. The Morgan fingerprint density at radius 1 is 1.44 bits per heavy atom. The molecule has 1 rings (SSSR count). The Morgan fingerprint density at radius 3 is 2.50 bits per heavy atom. The van der Waals surface area contributed by atoms with Crippen molar-refractivity contribution in [3.63, 3.8) is 0 Å². The van der Waals surface area contributed by atoms with Gasteiger partial charge in [0.2, 0.25) is 0 Å². The molecule has 16 heavy (non-hydrogen) atoms. The van der Waals surface area contributed by atoms with E-state index in [2.05, 4.69) is 0 Å². The predicted octanol–water partition coefficient (Wildman–Crippen LogP) is 2.79. The number of hydrogen-bond donors (Lipinski definition) is 1. The Bertz CT molecular complexity index is 394. The first-order valence-corrected chi connectivity index (χ1v) is 5.34. The van der Waals surface area contributed by atoms with Crippen LogP contribution in [0, 0.1) is 0 Å². The van der Waals surface area contributed by atoms with Gasteiger partial charge in [0, 0.05) is 0 Å². The van der Waals surface area contributed by atoms with Crippen LogP contribution in [0.3, 0.4) is 0 Å². The van der Waals surface area contributed by atoms with Crippen LogP contribution in [0.5, 0.6) is 0 Å². The molecular formula is C12H15ClO3. The molecule has 0 saturated carbocycles. The molecule has 0 amide bonds. The van der Waals surface area contributed by atoms with Gasteiger partial charge in [-0.15, -0.1) is 0 Å². The monoisotopic (exact) mass is 242 g/mol. The van der Waals surface area contributed by atoms with Crippen molar-refractivity contribution >= 4 is 17.6 Å². The lowest BCUT2D eigenvalue weighted by Crippen LogP contribution is -2.24. The van der Waals surface area contributed by atoms with Gasteiger partial charge in [0.1, 0.15) is 5.60 Å². The smallest absolute Gasteiger partial charge is 0.340 e. The van der Waals surface area contributed by atoms with E-state index in [-0.39, 0.29) is 6.61 Å². The molecule has 1 N–H and O–H groups in total. The highest BCUT2D eigenvalue weighted by molar-refractivity contribution is 6.33. The molecule has 88 valence electrons. The minimum Gasteiger partial charge on any atom is -0.456 e. The number of carbonyl (C=O) groups is 1. The summed E-state index contributed by atoms with van der Waals surface area (Å²) in [7, 11) is 0. The molecule has 1 aromatic carbocycles. The molecule has 0 bridgehead atoms. The lowest BCUT2D eigenvalue weighted by atomic mass is 10.1. The van der Waals surface area contributed by atoms with E-state index in [0.717, 1.165) is 0 Å². The Balaban J connectivity index is 2.93. The van der Waals surface area contributed by atoms with Crippen molar-refractivity contribution in [1.29, 1.82) is 0 Å². The molecular weight excluding hydrogens is 228 g/mol. The summed E-state index contributed by atoms with van der Waals surface area (Å²) in [5.74, 6) is -0.456. The van der Waals surface area contributed by atoms with Crippen molar-refractivity contribution in [2.75, 3.05) is 0 Å². The van der Waals surface area contributed by atoms with Crippen LogP contribution in [0.2, 0.25) is 5.02 Å². The number of benzene rings is 1. The van der Waals surface area contributed by atoms with Crippen LogP contribution in [0.1, 0.15) is 36.7 Å². The average Bonchev–Trinajstić information content (AvgIpc) is 2.14. The summed E-state index contributed by atoms with van der Waals surface area (Å²) in [5, 5.41) is 9.20. The molecule has 0 aliphatic rings. The minimum atomic E-state index is -0.546. The van der Waals surface area contributed by atoms with Crippen LogP contribution in [0.4, 0.5) is 0 Å². The van der Waals surface area contributed by atoms with Gasteiger partial charge < -0.3 is 9.84 Å². The Hall–Kier alpha value is -1.06. The summed E-state index contributed by atoms with van der Waals surface area (Å²) >= 11 is 5.92. The SMILES string of the molecule is CC(C)(C)OC(=O)c1ccc(CO)cc1Cl. The number of aliphatic hydroxyl groups is 1. The zero-order chi connectivity index (χ0) is 12.3. The van der Waals surface area contributed by atoms with Gasteiger partial charge in [-0.25, -0.2) is 4.79 Å². The summed E-state index contributed by atoms with van der Waals surface area (Å²) in [6, 6.07) is 4.76. The molecule has 1 aromatic rings. The first-order chi connectivity index (χ1) is 7.33. The van der Waals surface area contributed by atoms with E-state index < -0.39 is 11.6 Å². The Kier molecular flexibility index (Phi) is 3.94. The normalized spacial score (nSPS) is 11.3. The number of ether oxygens (including phenoxy) is 1. The van der Waals surface area contributed by atoms with E-state index in [4.69, 9.17) is 21.4 Å². The fourth-order valence-corrected chi connectivity index (χ4v) is 1.44. The van der Waals surface area contributed by atoms with Gasteiger partial charge in [-0.2, -0.15) is 0 Å². The van der Waals surface area contributed by atoms with Crippen molar-refractivity contribution < 1.29 is 14.6 Å². The number of hydrogen-bond acceptors (Lipinski definition) is 3. The molecule has 0 saturated heterocycles. The quantitative estimate of drug-likeness (QED) is 0.812. The van der Waals surface area contributed by atoms with E-state index in [0.29, 0.717) is 16.1 Å². The molecule has 0 atom stereocenters. The minimum absolute atomic E-state index is 0.103. The van der Waals surface area contributed by atoms with Gasteiger partial charge in [-0.1, -0.05) is 17.7 Å². The lowest BCUT2D eigenvalue weighted by molar-refractivity contribution is 0.00697. The molecule has 0 aliphatic heterocycles. The standard InChI is InChI=1S/C12H15ClO3/c1-12(2,3)16-11(15)9-5-4-8(7-14)6-10(9)13/h4-6,14H,7H2,1-3H3. The summed E-state index contributed by atoms with van der Waals surface area (Å²) < 4.78 is 5.19. The summed E-state index contributed by atoms with van der Waals surface area (Å²) in [4.78, 5) is 11.7. The second-order valence-electron chi connectivity index (χ2n) is 4.47. The highest BCUT2D eigenvalue weighted by atomic mass is 35.5. The van der Waals surface area contributed by atoms with Crippen molar-refractivity contribution in [1.82, 2.24) is 0 Å². The first kappa shape index (κ1) is 13.0. The van der Waals surface area contributed by atoms with Crippen LogP contribution >= 0.6 is 11.6 Å². The number of carbonyl (C=O) groups excluding carboxylic acids is 1. The predicted molar refractivity (Wildman–Crippen MR) is 62.5 cm³/mol. The van der Waals surface area contributed by atoms with E-state index in [1.807, 2.05) is 0 Å². The fraction of sp³-hybridized carbons (Fsp3) is 0.417. The van der Waals surface area contributed by atoms with E-state index in [1.54, 1.807) is 39.0 Å². The Labute approximate surface area is 100.0 Å². The molecule has 0 unspecified atom stereocenters. The maximum Gasteiger partial charge on any atom is 0.340 e. The molecule has 0 heterocycles. The summed E-state index contributed by atoms with van der Waals surface area (Å²) in [6.07, 6.45) is 0. The third kappa shape index (κ3) is 3.51. The highest BCUT2D eigenvalue weighted by Crippen LogP contribution is 2.21. The molecule has 0 radical (unpaired) electrons. The highest BCUT2D eigenvalue weighted by Gasteiger charge is 2.19. The molecule has 3 nitrogen and oxygen atoms in total. The van der Waals surface area contributed by atoms with Gasteiger partial charge in [-0.3, -0.25) is 0 Å². The molecule has 4 heteroatoms. The van der Waals surface area contributed by atoms with Crippen molar-refractivity contribution in [3.05, 3.63) is 34.3 Å². The van der Waals surface area contributed by atoms with Crippen molar-refractivity contribution in [3.8, 4) is 0 Å². The van der Waals surface area contributed by atoms with Crippen LogP contribution in [0.15, 0.2) is 18.2 Å². The molecule has 0 aliphatic carbocycles. The third-order valence-corrected chi connectivity index (χ3v) is 2.15. The van der Waals surface area contributed by atoms with Crippen LogP contribution in [-0.4, -0.2) is 16.7 Å². The molecule has 0 spiro atoms. The zero-order valence-electron chi connectivity index (χ0n) is 9.58. The van der Waals surface area contributed by atoms with Crippen LogP contribution in [-0.2, 0) is 11.3 Å². The van der Waals surface area contributed by atoms with E-state index in [1.165, 1.54) is 0 Å². The number of aliphatic hydroxyl groups excluding tert-OH is 1. The number of esters is 1. The first-order valence-electron chi connectivity index (χ1n) is 4.96. The topological polar surface area (TPSA) is 46.5 Å². The van der Waals surface area contributed by atoms with E-state index in [9.17, 15) is 4.79 Å². The van der Waals surface area contributed by atoms with Crippen molar-refractivity contribution in [2.45, 2.75) is 33.0 Å². The summed E-state index contributed by atoms with van der Waals surface area (Å²) in [5.41, 5.74) is 0.432. The number of rotatable bonds is 2. The van der Waals surface area contributed by atoms with Gasteiger partial charge in [-0.05, 0) is 38.5 Å². The van der Waals surface area contributed by atoms with Gasteiger partial charge in [0.15, 0.2) is 0 Å². The lowest BCUT2D eigenvalue weighted by Gasteiger charge is -2.19. The average molecular weight is 243 g/mol. The zero-order valence-corrected chi connectivity index (χ0v) is 10.3. The third-order valence-electron chi connectivity index (χ3n) is 1.83. The van der Waals surface area contributed by atoms with Crippen molar-refractivity contribution in [2.24, 2.45) is 0 Å². The van der Waals surface area contributed by atoms with E-state index >= 15 is 0 Å². The van der Waals surface area contributed by atoms with Crippen LogP contribution < -0.4 is 0 Å². The summed E-state index contributed by atoms with van der Waals surface area (Å²) in [6.45, 7) is 5.27. The largest absolute Gasteiger partial charge is 0.456 e. The fourth-order valence-electron chi connectivity index (χ4n) is 1.16. The van der Waals surface area contributed by atoms with Gasteiger partial charge >= 0.3 is 5.97 Å². The second-order valence-corrected chi connectivity index (χ2v) is 4.88. The maximum absolute atomic E-state index is 11.7. The van der Waals surface area contributed by atoms with Crippen LogP contribution in [0.25, 0.3) is 0 Å².